The normalized spacial score (nSPS) is 16.8. The summed E-state index contributed by atoms with van der Waals surface area (Å²) in [7, 11) is -1.67. The number of sulfonamides is 1. The molecule has 0 aliphatic carbocycles. The van der Waals surface area contributed by atoms with Crippen molar-refractivity contribution in [3.63, 3.8) is 0 Å². The van der Waals surface area contributed by atoms with Crippen LogP contribution in [0.2, 0.25) is 5.02 Å². The van der Waals surface area contributed by atoms with Crippen molar-refractivity contribution in [3.05, 3.63) is 57.3 Å². The van der Waals surface area contributed by atoms with Gasteiger partial charge in [-0.05, 0) is 68.1 Å². The third-order valence-electron chi connectivity index (χ3n) is 5.70. The Morgan fingerprint density at radius 3 is 2.42 bits per heavy atom. The number of benzene rings is 2. The summed E-state index contributed by atoms with van der Waals surface area (Å²) < 4.78 is 30.2. The van der Waals surface area contributed by atoms with Gasteiger partial charge in [-0.15, -0.1) is 0 Å². The average Bonchev–Trinajstić information content (AvgIpc) is 3.04. The molecule has 1 amide bonds. The van der Waals surface area contributed by atoms with Crippen LogP contribution in [0.4, 0.5) is 0 Å². The molecule has 164 valence electrons. The molecule has 31 heavy (non-hydrogen) atoms. The van der Waals surface area contributed by atoms with E-state index in [1.807, 2.05) is 11.6 Å². The van der Waals surface area contributed by atoms with Crippen LogP contribution in [0.1, 0.15) is 24.0 Å². The number of aromatic nitrogens is 1. The lowest BCUT2D eigenvalue weighted by atomic mass is 9.98. The molecule has 1 aliphatic heterocycles. The smallest absolute Gasteiger partial charge is 0.251 e. The number of piperidine rings is 1. The number of amides is 1. The number of carbonyl (C=O) groups is 1. The first-order valence-electron chi connectivity index (χ1n) is 10.1. The average molecular weight is 478 g/mol. The van der Waals surface area contributed by atoms with Crippen molar-refractivity contribution in [1.29, 1.82) is 0 Å². The van der Waals surface area contributed by atoms with Crippen molar-refractivity contribution >= 4 is 49.1 Å². The molecule has 1 aliphatic rings. The van der Waals surface area contributed by atoms with Crippen molar-refractivity contribution in [3.8, 4) is 0 Å². The molecule has 2 heterocycles. The second-order valence-corrected chi connectivity index (χ2v) is 11.3. The zero-order valence-electron chi connectivity index (χ0n) is 17.6. The number of thiazole rings is 1. The number of halogens is 1. The first-order valence-corrected chi connectivity index (χ1v) is 12.7. The number of hydrogen-bond donors (Lipinski definition) is 0. The predicted octanol–water partition coefficient (Wildman–Crippen LogP) is 4.04. The fraction of sp³-hybridized carbons (Fsp3) is 0.364. The number of carbonyl (C=O) groups excluding carboxylic acids is 1. The van der Waals surface area contributed by atoms with Gasteiger partial charge in [0.1, 0.15) is 0 Å². The van der Waals surface area contributed by atoms with Gasteiger partial charge >= 0.3 is 0 Å². The standard InChI is InChI=1S/C22H24ClN3O3S2/c1-14-12-15(2)20-19(13-14)25(3)22(30-20)24-21(27)16-8-10-26(11-9-16)31(28,29)18-6-4-17(23)5-7-18/h4-7,12-13,16H,8-11H2,1-3H3. The molecule has 2 aromatic carbocycles. The molecule has 3 aromatic rings. The van der Waals surface area contributed by atoms with Crippen LogP contribution in [0.5, 0.6) is 0 Å². The molecular weight excluding hydrogens is 454 g/mol. The van der Waals surface area contributed by atoms with E-state index in [-0.39, 0.29) is 16.7 Å². The van der Waals surface area contributed by atoms with E-state index in [2.05, 4.69) is 31.0 Å². The SMILES string of the molecule is Cc1cc(C)c2sc(=NC(=O)C3CCN(S(=O)(=O)c4ccc(Cl)cc4)CC3)n(C)c2c1. The van der Waals surface area contributed by atoms with Crippen LogP contribution < -0.4 is 4.80 Å². The molecule has 0 spiro atoms. The zero-order valence-corrected chi connectivity index (χ0v) is 20.0. The molecule has 0 unspecified atom stereocenters. The van der Waals surface area contributed by atoms with Gasteiger partial charge in [0, 0.05) is 31.1 Å². The molecule has 0 saturated carbocycles. The Morgan fingerprint density at radius 2 is 1.77 bits per heavy atom. The van der Waals surface area contributed by atoms with Crippen LogP contribution in [-0.4, -0.2) is 36.3 Å². The molecule has 0 bridgehead atoms. The summed E-state index contributed by atoms with van der Waals surface area (Å²) in [5, 5.41) is 0.490. The van der Waals surface area contributed by atoms with E-state index in [1.54, 1.807) is 12.1 Å². The van der Waals surface area contributed by atoms with E-state index >= 15 is 0 Å². The summed E-state index contributed by atoms with van der Waals surface area (Å²) in [4.78, 5) is 18.1. The van der Waals surface area contributed by atoms with E-state index in [0.29, 0.717) is 35.8 Å². The van der Waals surface area contributed by atoms with Crippen molar-refractivity contribution in [1.82, 2.24) is 8.87 Å². The van der Waals surface area contributed by atoms with Crippen LogP contribution in [0.15, 0.2) is 46.3 Å². The van der Waals surface area contributed by atoms with Crippen LogP contribution in [0, 0.1) is 19.8 Å². The summed E-state index contributed by atoms with van der Waals surface area (Å²) in [6, 6.07) is 10.4. The monoisotopic (exact) mass is 477 g/mol. The van der Waals surface area contributed by atoms with Crippen molar-refractivity contribution < 1.29 is 13.2 Å². The van der Waals surface area contributed by atoms with Gasteiger partial charge in [-0.25, -0.2) is 8.42 Å². The highest BCUT2D eigenvalue weighted by molar-refractivity contribution is 7.89. The maximum atomic E-state index is 12.9. The second-order valence-electron chi connectivity index (χ2n) is 7.96. The lowest BCUT2D eigenvalue weighted by Crippen LogP contribution is -2.40. The highest BCUT2D eigenvalue weighted by Crippen LogP contribution is 2.26. The minimum Gasteiger partial charge on any atom is -0.319 e. The molecule has 9 heteroatoms. The van der Waals surface area contributed by atoms with Crippen LogP contribution >= 0.6 is 22.9 Å². The Hall–Kier alpha value is -2.00. The van der Waals surface area contributed by atoms with Gasteiger partial charge in [-0.3, -0.25) is 4.79 Å². The van der Waals surface area contributed by atoms with E-state index < -0.39 is 10.0 Å². The summed E-state index contributed by atoms with van der Waals surface area (Å²) in [5.74, 6) is -0.454. The first kappa shape index (κ1) is 22.2. The molecule has 1 aromatic heterocycles. The van der Waals surface area contributed by atoms with Gasteiger partial charge in [0.15, 0.2) is 4.80 Å². The lowest BCUT2D eigenvalue weighted by molar-refractivity contribution is -0.122. The lowest BCUT2D eigenvalue weighted by Gasteiger charge is -2.29. The summed E-state index contributed by atoms with van der Waals surface area (Å²) >= 11 is 7.38. The fourth-order valence-corrected chi connectivity index (χ4v) is 6.63. The van der Waals surface area contributed by atoms with Crippen molar-refractivity contribution in [2.45, 2.75) is 31.6 Å². The second kappa shape index (κ2) is 8.50. The van der Waals surface area contributed by atoms with Gasteiger partial charge in [0.2, 0.25) is 10.0 Å². The Kier molecular flexibility index (Phi) is 6.09. The molecule has 0 radical (unpaired) electrons. The Balaban J connectivity index is 1.51. The van der Waals surface area contributed by atoms with Gasteiger partial charge in [-0.2, -0.15) is 9.30 Å². The molecule has 1 saturated heterocycles. The third kappa shape index (κ3) is 4.35. The van der Waals surface area contributed by atoms with Gasteiger partial charge in [-0.1, -0.05) is 29.0 Å². The third-order valence-corrected chi connectivity index (χ3v) is 9.15. The van der Waals surface area contributed by atoms with Gasteiger partial charge in [0.05, 0.1) is 15.1 Å². The molecule has 0 atom stereocenters. The predicted molar refractivity (Wildman–Crippen MR) is 124 cm³/mol. The number of nitrogens with zero attached hydrogens (tertiary/aromatic N) is 3. The minimum atomic E-state index is -3.59. The molecule has 1 fully saturated rings. The maximum Gasteiger partial charge on any atom is 0.251 e. The minimum absolute atomic E-state index is 0.180. The first-order chi connectivity index (χ1) is 14.7. The maximum absolute atomic E-state index is 12.9. The van der Waals surface area contributed by atoms with E-state index in [0.717, 1.165) is 10.2 Å². The van der Waals surface area contributed by atoms with Crippen molar-refractivity contribution in [2.75, 3.05) is 13.1 Å². The zero-order chi connectivity index (χ0) is 22.3. The fourth-order valence-electron chi connectivity index (χ4n) is 3.96. The summed E-state index contributed by atoms with van der Waals surface area (Å²) in [5.41, 5.74) is 3.41. The number of fused-ring (bicyclic) bond motifs is 1. The Morgan fingerprint density at radius 1 is 1.13 bits per heavy atom. The van der Waals surface area contributed by atoms with Crippen LogP contribution in [-0.2, 0) is 21.9 Å². The summed E-state index contributed by atoms with van der Waals surface area (Å²) in [6.45, 7) is 4.72. The molecule has 0 N–H and O–H groups in total. The molecule has 4 rings (SSSR count). The highest BCUT2D eigenvalue weighted by atomic mass is 35.5. The topological polar surface area (TPSA) is 71.7 Å². The van der Waals surface area contributed by atoms with Crippen molar-refractivity contribution in [2.24, 2.45) is 18.0 Å². The molecular formula is C22H24ClN3O3S2. The highest BCUT2D eigenvalue weighted by Gasteiger charge is 2.32. The quantitative estimate of drug-likeness (QED) is 0.571. The number of aryl methyl sites for hydroxylation is 3. The van der Waals surface area contributed by atoms with Crippen LogP contribution in [0.3, 0.4) is 0 Å². The molecule has 6 nitrogen and oxygen atoms in total. The van der Waals surface area contributed by atoms with Crippen LogP contribution in [0.25, 0.3) is 10.2 Å². The largest absolute Gasteiger partial charge is 0.319 e. The van der Waals surface area contributed by atoms with E-state index in [4.69, 9.17) is 11.6 Å². The van der Waals surface area contributed by atoms with Gasteiger partial charge < -0.3 is 4.57 Å². The van der Waals surface area contributed by atoms with E-state index in [1.165, 1.54) is 38.9 Å². The van der Waals surface area contributed by atoms with E-state index in [9.17, 15) is 13.2 Å². The Bertz CT molecular complexity index is 1320. The van der Waals surface area contributed by atoms with Gasteiger partial charge in [0.25, 0.3) is 5.91 Å². The summed E-state index contributed by atoms with van der Waals surface area (Å²) in [6.07, 6.45) is 0.920. The number of rotatable bonds is 3. The number of hydrogen-bond acceptors (Lipinski definition) is 4. The Labute approximate surface area is 190 Å².